The maximum atomic E-state index is 13.0. The first-order chi connectivity index (χ1) is 13.5. The first-order valence-corrected chi connectivity index (χ1v) is 9.94. The SMILES string of the molecule is CC[C@@H](Oc1cccc(OC)c1)C(=O)N1CCN(c2cccc(C)c2C)CC1. The van der Waals surface area contributed by atoms with Gasteiger partial charge in [0.2, 0.25) is 0 Å². The highest BCUT2D eigenvalue weighted by molar-refractivity contribution is 5.81. The number of benzene rings is 2. The van der Waals surface area contributed by atoms with Gasteiger partial charge in [-0.05, 0) is 49.6 Å². The van der Waals surface area contributed by atoms with Crippen molar-refractivity contribution < 1.29 is 14.3 Å². The van der Waals surface area contributed by atoms with E-state index in [0.29, 0.717) is 25.3 Å². The number of carbonyl (C=O) groups is 1. The Hall–Kier alpha value is -2.69. The van der Waals surface area contributed by atoms with Crippen LogP contribution in [-0.2, 0) is 4.79 Å². The zero-order valence-corrected chi connectivity index (χ0v) is 17.3. The van der Waals surface area contributed by atoms with E-state index < -0.39 is 6.10 Å². The third-order valence-electron chi connectivity index (χ3n) is 5.47. The molecular formula is C23H30N2O3. The van der Waals surface area contributed by atoms with Crippen LogP contribution in [0.4, 0.5) is 5.69 Å². The highest BCUT2D eigenvalue weighted by Crippen LogP contribution is 2.25. The monoisotopic (exact) mass is 382 g/mol. The minimum atomic E-state index is -0.473. The van der Waals surface area contributed by atoms with Crippen LogP contribution in [0, 0.1) is 13.8 Å². The summed E-state index contributed by atoms with van der Waals surface area (Å²) >= 11 is 0. The molecular weight excluding hydrogens is 352 g/mol. The molecule has 0 N–H and O–H groups in total. The number of piperazine rings is 1. The van der Waals surface area contributed by atoms with Crippen molar-refractivity contribution in [1.29, 1.82) is 0 Å². The van der Waals surface area contributed by atoms with Gasteiger partial charge in [0.15, 0.2) is 6.10 Å². The van der Waals surface area contributed by atoms with Crippen LogP contribution in [0.5, 0.6) is 11.5 Å². The van der Waals surface area contributed by atoms with Gasteiger partial charge < -0.3 is 19.3 Å². The third kappa shape index (κ3) is 4.41. The Morgan fingerprint density at radius 2 is 1.71 bits per heavy atom. The second-order valence-corrected chi connectivity index (χ2v) is 7.23. The van der Waals surface area contributed by atoms with E-state index in [9.17, 15) is 4.79 Å². The number of anilines is 1. The lowest BCUT2D eigenvalue weighted by atomic mass is 10.1. The van der Waals surface area contributed by atoms with E-state index >= 15 is 0 Å². The number of aryl methyl sites for hydroxylation is 1. The summed E-state index contributed by atoms with van der Waals surface area (Å²) < 4.78 is 11.2. The summed E-state index contributed by atoms with van der Waals surface area (Å²) in [5.41, 5.74) is 3.88. The van der Waals surface area contributed by atoms with E-state index in [0.717, 1.165) is 18.8 Å². The zero-order chi connectivity index (χ0) is 20.1. The van der Waals surface area contributed by atoms with Crippen LogP contribution in [0.1, 0.15) is 24.5 Å². The van der Waals surface area contributed by atoms with Gasteiger partial charge in [0.25, 0.3) is 5.91 Å². The van der Waals surface area contributed by atoms with E-state index in [-0.39, 0.29) is 5.91 Å². The lowest BCUT2D eigenvalue weighted by molar-refractivity contribution is -0.139. The number of rotatable bonds is 6. The molecule has 0 spiro atoms. The summed E-state index contributed by atoms with van der Waals surface area (Å²) in [4.78, 5) is 17.3. The van der Waals surface area contributed by atoms with Gasteiger partial charge in [-0.1, -0.05) is 25.1 Å². The normalized spacial score (nSPS) is 15.3. The molecule has 0 bridgehead atoms. The summed E-state index contributed by atoms with van der Waals surface area (Å²) in [6.07, 6.45) is 0.159. The topological polar surface area (TPSA) is 42.0 Å². The van der Waals surface area contributed by atoms with Gasteiger partial charge in [0.1, 0.15) is 11.5 Å². The fraction of sp³-hybridized carbons (Fsp3) is 0.435. The number of nitrogens with zero attached hydrogens (tertiary/aromatic N) is 2. The van der Waals surface area contributed by atoms with Crippen LogP contribution in [-0.4, -0.2) is 50.2 Å². The van der Waals surface area contributed by atoms with Gasteiger partial charge in [-0.25, -0.2) is 0 Å². The van der Waals surface area contributed by atoms with Gasteiger partial charge in [-0.15, -0.1) is 0 Å². The van der Waals surface area contributed by atoms with Crippen molar-refractivity contribution in [2.75, 3.05) is 38.2 Å². The van der Waals surface area contributed by atoms with Crippen molar-refractivity contribution in [2.45, 2.75) is 33.3 Å². The molecule has 0 aliphatic carbocycles. The van der Waals surface area contributed by atoms with E-state index in [1.54, 1.807) is 7.11 Å². The summed E-state index contributed by atoms with van der Waals surface area (Å²) in [6.45, 7) is 9.39. The fourth-order valence-electron chi connectivity index (χ4n) is 3.60. The number of methoxy groups -OCH3 is 1. The molecule has 5 heteroatoms. The highest BCUT2D eigenvalue weighted by atomic mass is 16.5. The molecule has 2 aromatic rings. The lowest BCUT2D eigenvalue weighted by Crippen LogP contribution is -2.52. The predicted molar refractivity (Wildman–Crippen MR) is 112 cm³/mol. The molecule has 1 aliphatic heterocycles. The molecule has 1 heterocycles. The van der Waals surface area contributed by atoms with Crippen molar-refractivity contribution in [3.8, 4) is 11.5 Å². The van der Waals surface area contributed by atoms with Crippen LogP contribution in [0.25, 0.3) is 0 Å². The van der Waals surface area contributed by atoms with Gasteiger partial charge in [0.05, 0.1) is 7.11 Å². The van der Waals surface area contributed by atoms with Crippen LogP contribution in [0.2, 0.25) is 0 Å². The minimum Gasteiger partial charge on any atom is -0.497 e. The van der Waals surface area contributed by atoms with E-state index in [1.165, 1.54) is 16.8 Å². The smallest absolute Gasteiger partial charge is 0.263 e. The molecule has 1 atom stereocenters. The molecule has 1 saturated heterocycles. The Kier molecular flexibility index (Phi) is 6.45. The largest absolute Gasteiger partial charge is 0.497 e. The first-order valence-electron chi connectivity index (χ1n) is 9.94. The van der Waals surface area contributed by atoms with Crippen LogP contribution >= 0.6 is 0 Å². The van der Waals surface area contributed by atoms with Crippen LogP contribution in [0.3, 0.4) is 0 Å². The Morgan fingerprint density at radius 3 is 2.39 bits per heavy atom. The van der Waals surface area contributed by atoms with E-state index in [1.807, 2.05) is 36.1 Å². The average Bonchev–Trinajstić information content (AvgIpc) is 2.74. The van der Waals surface area contributed by atoms with E-state index in [2.05, 4.69) is 36.9 Å². The van der Waals surface area contributed by atoms with Crippen molar-refractivity contribution in [3.05, 3.63) is 53.6 Å². The van der Waals surface area contributed by atoms with Gasteiger partial charge in [-0.2, -0.15) is 0 Å². The summed E-state index contributed by atoms with van der Waals surface area (Å²) in [5.74, 6) is 1.45. The molecule has 3 rings (SSSR count). The van der Waals surface area contributed by atoms with E-state index in [4.69, 9.17) is 9.47 Å². The molecule has 0 radical (unpaired) electrons. The first kappa shape index (κ1) is 20.1. The second kappa shape index (κ2) is 9.00. The Balaban J connectivity index is 1.62. The Morgan fingerprint density at radius 1 is 1.04 bits per heavy atom. The quantitative estimate of drug-likeness (QED) is 0.762. The van der Waals surface area contributed by atoms with Gasteiger partial charge in [0, 0.05) is 37.9 Å². The second-order valence-electron chi connectivity index (χ2n) is 7.23. The Labute approximate surface area is 167 Å². The maximum absolute atomic E-state index is 13.0. The minimum absolute atomic E-state index is 0.0611. The average molecular weight is 383 g/mol. The fourth-order valence-corrected chi connectivity index (χ4v) is 3.60. The van der Waals surface area contributed by atoms with Crippen molar-refractivity contribution in [3.63, 3.8) is 0 Å². The molecule has 1 aliphatic rings. The molecule has 28 heavy (non-hydrogen) atoms. The zero-order valence-electron chi connectivity index (χ0n) is 17.3. The number of hydrogen-bond acceptors (Lipinski definition) is 4. The van der Waals surface area contributed by atoms with Crippen molar-refractivity contribution in [1.82, 2.24) is 4.90 Å². The molecule has 1 amide bonds. The van der Waals surface area contributed by atoms with Gasteiger partial charge >= 0.3 is 0 Å². The molecule has 0 saturated carbocycles. The molecule has 5 nitrogen and oxygen atoms in total. The lowest BCUT2D eigenvalue weighted by Gasteiger charge is -2.38. The third-order valence-corrected chi connectivity index (χ3v) is 5.47. The summed E-state index contributed by atoms with van der Waals surface area (Å²) in [6, 6.07) is 13.8. The molecule has 1 fully saturated rings. The van der Waals surface area contributed by atoms with Crippen molar-refractivity contribution >= 4 is 11.6 Å². The standard InChI is InChI=1S/C23H30N2O3/c1-5-22(28-20-10-7-9-19(16-20)27-4)23(26)25-14-12-24(13-15-25)21-11-6-8-17(2)18(21)3/h6-11,16,22H,5,12-15H2,1-4H3/t22-/m1/s1. The van der Waals surface area contributed by atoms with Gasteiger partial charge in [-0.3, -0.25) is 4.79 Å². The number of ether oxygens (including phenoxy) is 2. The predicted octanol–water partition coefficient (Wildman–Crippen LogP) is 3.82. The number of hydrogen-bond donors (Lipinski definition) is 0. The highest BCUT2D eigenvalue weighted by Gasteiger charge is 2.28. The summed E-state index contributed by atoms with van der Waals surface area (Å²) in [5, 5.41) is 0. The number of amides is 1. The molecule has 2 aromatic carbocycles. The van der Waals surface area contributed by atoms with Crippen LogP contribution < -0.4 is 14.4 Å². The maximum Gasteiger partial charge on any atom is 0.263 e. The molecule has 0 aromatic heterocycles. The van der Waals surface area contributed by atoms with Crippen molar-refractivity contribution in [2.24, 2.45) is 0 Å². The number of carbonyl (C=O) groups excluding carboxylic acids is 1. The van der Waals surface area contributed by atoms with Crippen LogP contribution in [0.15, 0.2) is 42.5 Å². The Bertz CT molecular complexity index is 813. The molecule has 0 unspecified atom stereocenters. The summed E-state index contributed by atoms with van der Waals surface area (Å²) in [7, 11) is 1.62. The molecule has 150 valence electrons.